The first-order valence-electron chi connectivity index (χ1n) is 14.7. The number of carbonyl (C=O) groups is 3. The number of ether oxygens (including phenoxy) is 2. The summed E-state index contributed by atoms with van der Waals surface area (Å²) in [5, 5.41) is 0. The Morgan fingerprint density at radius 1 is 0.829 bits per heavy atom. The van der Waals surface area contributed by atoms with Crippen LogP contribution in [0.15, 0.2) is 79.4 Å². The molecule has 0 aliphatic heterocycles. The fraction of sp³-hybridized carbons (Fsp3) is 0.455. The molecule has 4 rings (SSSR count). The second-order valence-electron chi connectivity index (χ2n) is 11.0. The third-order valence-electron chi connectivity index (χ3n) is 7.61. The van der Waals surface area contributed by atoms with Crippen molar-refractivity contribution in [3.05, 3.63) is 90.5 Å². The molecule has 218 valence electrons. The Hall–Kier alpha value is -3.94. The number of imidazole rings is 1. The zero-order valence-electron chi connectivity index (χ0n) is 24.0. The van der Waals surface area contributed by atoms with Gasteiger partial charge in [-0.3, -0.25) is 9.59 Å². The Kier molecular flexibility index (Phi) is 11.5. The highest BCUT2D eigenvalue weighted by molar-refractivity contribution is 5.77. The van der Waals surface area contributed by atoms with E-state index in [2.05, 4.69) is 0 Å². The Balaban J connectivity index is 1.14. The van der Waals surface area contributed by atoms with Gasteiger partial charge in [0.15, 0.2) is 0 Å². The minimum Gasteiger partial charge on any atom is -0.461 e. The molecule has 41 heavy (non-hydrogen) atoms. The van der Waals surface area contributed by atoms with Crippen LogP contribution in [0, 0.1) is 5.92 Å². The molecule has 0 bridgehead atoms. The Labute approximate surface area is 242 Å². The number of benzene rings is 2. The summed E-state index contributed by atoms with van der Waals surface area (Å²) in [6, 6.07) is 19.5. The molecule has 0 unspecified atom stereocenters. The number of aromatic nitrogens is 2. The predicted octanol–water partition coefficient (Wildman–Crippen LogP) is 5.58. The van der Waals surface area contributed by atoms with Gasteiger partial charge < -0.3 is 14.4 Å². The van der Waals surface area contributed by atoms with E-state index in [-0.39, 0.29) is 29.9 Å². The Bertz CT molecular complexity index is 1240. The Morgan fingerprint density at radius 2 is 1.41 bits per heavy atom. The molecule has 1 saturated carbocycles. The molecule has 8 nitrogen and oxygen atoms in total. The molecular formula is C33H42N3O5+. The van der Waals surface area contributed by atoms with Gasteiger partial charge in [0.05, 0.1) is 7.05 Å². The van der Waals surface area contributed by atoms with E-state index in [9.17, 15) is 14.4 Å². The summed E-state index contributed by atoms with van der Waals surface area (Å²) in [6.07, 6.45) is 12.5. The van der Waals surface area contributed by atoms with Crippen LogP contribution in [0.25, 0.3) is 0 Å². The Morgan fingerprint density at radius 3 is 2.02 bits per heavy atom. The molecule has 1 aromatic heterocycles. The molecule has 1 aliphatic carbocycles. The SMILES string of the molecule is C[n+]1ccn(C(=O)N(CCCCCCCC(=O)OCc2ccccc2)C2CC(CC(=O)OCc3ccccc3)C2)c1. The third-order valence-corrected chi connectivity index (χ3v) is 7.61. The number of amides is 1. The summed E-state index contributed by atoms with van der Waals surface area (Å²) in [5.41, 5.74) is 1.97. The number of hydrogen-bond acceptors (Lipinski definition) is 5. The van der Waals surface area contributed by atoms with Crippen LogP contribution < -0.4 is 4.57 Å². The van der Waals surface area contributed by atoms with Crippen LogP contribution >= 0.6 is 0 Å². The molecule has 3 aromatic rings. The highest BCUT2D eigenvalue weighted by Gasteiger charge is 2.39. The van der Waals surface area contributed by atoms with E-state index in [0.29, 0.717) is 32.6 Å². The maximum absolute atomic E-state index is 13.3. The second-order valence-corrected chi connectivity index (χ2v) is 11.0. The van der Waals surface area contributed by atoms with Gasteiger partial charge in [-0.15, -0.1) is 0 Å². The largest absolute Gasteiger partial charge is 0.461 e. The van der Waals surface area contributed by atoms with Crippen LogP contribution in [0.3, 0.4) is 0 Å². The van der Waals surface area contributed by atoms with Gasteiger partial charge in [0.25, 0.3) is 6.33 Å². The van der Waals surface area contributed by atoms with Crippen molar-refractivity contribution in [3.63, 3.8) is 0 Å². The summed E-state index contributed by atoms with van der Waals surface area (Å²) in [7, 11) is 1.89. The molecule has 8 heteroatoms. The maximum atomic E-state index is 13.3. The number of hydrogen-bond donors (Lipinski definition) is 0. The minimum atomic E-state index is -0.184. The van der Waals surface area contributed by atoms with Crippen LogP contribution in [0.4, 0.5) is 4.79 Å². The van der Waals surface area contributed by atoms with E-state index in [1.54, 1.807) is 17.1 Å². The van der Waals surface area contributed by atoms with Gasteiger partial charge in [0, 0.05) is 25.4 Å². The van der Waals surface area contributed by atoms with Gasteiger partial charge in [-0.2, -0.15) is 4.57 Å². The van der Waals surface area contributed by atoms with Crippen molar-refractivity contribution in [3.8, 4) is 0 Å². The van der Waals surface area contributed by atoms with Crippen molar-refractivity contribution >= 4 is 18.0 Å². The standard InChI is InChI=1S/C33H42N3O5/c1-34-19-20-35(26-34)33(39)36(30-21-29(22-30)23-32(38)41-25-28-15-9-6-10-16-28)18-12-4-2-3-11-17-31(37)40-24-27-13-7-5-8-14-27/h5-10,13-16,19-20,26,29-30H,2-4,11-12,17-18,21-25H2,1H3/q+1. The lowest BCUT2D eigenvalue weighted by atomic mass is 9.77. The molecule has 0 saturated heterocycles. The van der Waals surface area contributed by atoms with Crippen molar-refractivity contribution in [1.29, 1.82) is 0 Å². The normalized spacial score (nSPS) is 16.0. The maximum Gasteiger partial charge on any atom is 0.416 e. The van der Waals surface area contributed by atoms with Gasteiger partial charge in [-0.25, -0.2) is 9.36 Å². The van der Waals surface area contributed by atoms with Crippen molar-refractivity contribution in [2.45, 2.75) is 77.0 Å². The smallest absolute Gasteiger partial charge is 0.416 e. The lowest BCUT2D eigenvalue weighted by Crippen LogP contribution is -2.50. The van der Waals surface area contributed by atoms with E-state index < -0.39 is 0 Å². The molecular weight excluding hydrogens is 518 g/mol. The molecule has 1 heterocycles. The lowest BCUT2D eigenvalue weighted by Gasteiger charge is -2.41. The quantitative estimate of drug-likeness (QED) is 0.138. The third kappa shape index (κ3) is 9.88. The van der Waals surface area contributed by atoms with Crippen molar-refractivity contribution in [2.24, 2.45) is 13.0 Å². The molecule has 0 N–H and O–H groups in total. The highest BCUT2D eigenvalue weighted by Crippen LogP contribution is 2.35. The fourth-order valence-corrected chi connectivity index (χ4v) is 5.19. The van der Waals surface area contributed by atoms with E-state index in [4.69, 9.17) is 9.47 Å². The average molecular weight is 561 g/mol. The van der Waals surface area contributed by atoms with Gasteiger partial charge in [-0.05, 0) is 42.7 Å². The van der Waals surface area contributed by atoms with Gasteiger partial charge in [0.1, 0.15) is 25.6 Å². The van der Waals surface area contributed by atoms with Crippen LogP contribution in [0.2, 0.25) is 0 Å². The summed E-state index contributed by atoms with van der Waals surface area (Å²) in [6.45, 7) is 1.29. The van der Waals surface area contributed by atoms with E-state index in [0.717, 1.165) is 56.1 Å². The first-order valence-corrected chi connectivity index (χ1v) is 14.7. The number of unbranched alkanes of at least 4 members (excludes halogenated alkanes) is 4. The molecule has 1 aliphatic rings. The lowest BCUT2D eigenvalue weighted by molar-refractivity contribution is -0.670. The van der Waals surface area contributed by atoms with Gasteiger partial charge in [-0.1, -0.05) is 79.9 Å². The second kappa shape index (κ2) is 15.7. The van der Waals surface area contributed by atoms with Crippen LogP contribution in [0.1, 0.15) is 68.9 Å². The molecule has 1 amide bonds. The average Bonchev–Trinajstić information content (AvgIpc) is 3.41. The molecule has 1 fully saturated rings. The van der Waals surface area contributed by atoms with Crippen LogP contribution in [-0.2, 0) is 39.3 Å². The summed E-state index contributed by atoms with van der Waals surface area (Å²) in [5.74, 6) is -0.105. The number of carbonyl (C=O) groups excluding carboxylic acids is 3. The van der Waals surface area contributed by atoms with E-state index in [1.807, 2.05) is 83.4 Å². The summed E-state index contributed by atoms with van der Waals surface area (Å²) < 4.78 is 14.3. The minimum absolute atomic E-state index is 0.0261. The summed E-state index contributed by atoms with van der Waals surface area (Å²) >= 11 is 0. The van der Waals surface area contributed by atoms with E-state index in [1.165, 1.54) is 0 Å². The zero-order chi connectivity index (χ0) is 28.9. The first kappa shape index (κ1) is 30.0. The number of aryl methyl sites for hydroxylation is 1. The van der Waals surface area contributed by atoms with Crippen LogP contribution in [0.5, 0.6) is 0 Å². The first-order chi connectivity index (χ1) is 20.0. The topological polar surface area (TPSA) is 81.7 Å². The number of nitrogens with zero attached hydrogens (tertiary/aromatic N) is 3. The van der Waals surface area contributed by atoms with Crippen molar-refractivity contribution in [1.82, 2.24) is 9.47 Å². The van der Waals surface area contributed by atoms with E-state index >= 15 is 0 Å². The monoisotopic (exact) mass is 560 g/mol. The zero-order valence-corrected chi connectivity index (χ0v) is 24.0. The van der Waals surface area contributed by atoms with Gasteiger partial charge >= 0.3 is 18.0 Å². The highest BCUT2D eigenvalue weighted by atomic mass is 16.5. The van der Waals surface area contributed by atoms with Crippen molar-refractivity contribution in [2.75, 3.05) is 6.54 Å². The van der Waals surface area contributed by atoms with Gasteiger partial charge in [0.2, 0.25) is 0 Å². The number of rotatable bonds is 15. The van der Waals surface area contributed by atoms with Crippen LogP contribution in [-0.4, -0.2) is 40.0 Å². The van der Waals surface area contributed by atoms with Crippen molar-refractivity contribution < 1.29 is 28.4 Å². The summed E-state index contributed by atoms with van der Waals surface area (Å²) in [4.78, 5) is 39.7. The fourth-order valence-electron chi connectivity index (χ4n) is 5.19. The molecule has 0 atom stereocenters. The molecule has 0 spiro atoms. The number of esters is 2. The molecule has 2 aromatic carbocycles. The molecule has 0 radical (unpaired) electrons. The predicted molar refractivity (Wildman–Crippen MR) is 154 cm³/mol.